The van der Waals surface area contributed by atoms with E-state index in [-0.39, 0.29) is 12.2 Å². The summed E-state index contributed by atoms with van der Waals surface area (Å²) in [5, 5.41) is 38.1. The number of rotatable bonds is 13. The Labute approximate surface area is 149 Å². The number of aryl methyl sites for hydroxylation is 1. The molecule has 2 atom stereocenters. The highest BCUT2D eigenvalue weighted by atomic mass is 16.5. The molecule has 0 aromatic heterocycles. The van der Waals surface area contributed by atoms with Gasteiger partial charge in [0, 0.05) is 6.42 Å². The summed E-state index contributed by atoms with van der Waals surface area (Å²) in [6.07, 6.45) is 4.46. The third-order valence-electron chi connectivity index (χ3n) is 4.23. The lowest BCUT2D eigenvalue weighted by Crippen LogP contribution is -2.18. The van der Waals surface area contributed by atoms with Gasteiger partial charge in [-0.1, -0.05) is 25.3 Å². The van der Waals surface area contributed by atoms with Gasteiger partial charge in [-0.2, -0.15) is 0 Å². The Morgan fingerprint density at radius 2 is 1.76 bits per heavy atom. The molecule has 0 radical (unpaired) electrons. The van der Waals surface area contributed by atoms with Crippen LogP contribution in [0, 0.1) is 0 Å². The van der Waals surface area contributed by atoms with Crippen LogP contribution in [-0.2, 0) is 11.2 Å². The first-order chi connectivity index (χ1) is 11.9. The Balaban J connectivity index is 2.18. The predicted molar refractivity (Wildman–Crippen MR) is 94.9 cm³/mol. The van der Waals surface area contributed by atoms with Crippen LogP contribution in [-0.4, -0.2) is 45.7 Å². The van der Waals surface area contributed by atoms with Crippen molar-refractivity contribution in [1.29, 1.82) is 0 Å². The smallest absolute Gasteiger partial charge is 0.303 e. The van der Waals surface area contributed by atoms with Crippen molar-refractivity contribution in [2.24, 2.45) is 0 Å². The number of hydrogen-bond donors (Lipinski definition) is 4. The monoisotopic (exact) mass is 354 g/mol. The lowest BCUT2D eigenvalue weighted by Gasteiger charge is -2.16. The second-order valence-electron chi connectivity index (χ2n) is 6.43. The third-order valence-corrected chi connectivity index (χ3v) is 4.23. The summed E-state index contributed by atoms with van der Waals surface area (Å²) >= 11 is 0. The fourth-order valence-electron chi connectivity index (χ4n) is 2.77. The third kappa shape index (κ3) is 9.31. The van der Waals surface area contributed by atoms with Crippen LogP contribution in [0.1, 0.15) is 56.9 Å². The first kappa shape index (κ1) is 21.3. The number of benzene rings is 1. The molecular formula is C19H30O6. The van der Waals surface area contributed by atoms with E-state index in [1.807, 2.05) is 0 Å². The van der Waals surface area contributed by atoms with Crippen molar-refractivity contribution in [2.45, 2.75) is 70.0 Å². The van der Waals surface area contributed by atoms with E-state index in [4.69, 9.17) is 9.84 Å². The molecule has 1 aromatic rings. The summed E-state index contributed by atoms with van der Waals surface area (Å²) in [6.45, 7) is 0. The van der Waals surface area contributed by atoms with E-state index in [0.717, 1.165) is 24.8 Å². The fraction of sp³-hybridized carbons (Fsp3) is 0.632. The Morgan fingerprint density at radius 1 is 1.08 bits per heavy atom. The van der Waals surface area contributed by atoms with Gasteiger partial charge in [0.1, 0.15) is 0 Å². The Bertz CT molecular complexity index is 517. The molecule has 0 saturated carbocycles. The number of phenols is 1. The van der Waals surface area contributed by atoms with Gasteiger partial charge < -0.3 is 25.2 Å². The Kier molecular flexibility index (Phi) is 9.96. The molecule has 0 spiro atoms. The highest BCUT2D eigenvalue weighted by Crippen LogP contribution is 2.27. The van der Waals surface area contributed by atoms with Crippen LogP contribution in [0.2, 0.25) is 0 Å². The predicted octanol–water partition coefficient (Wildman–Crippen LogP) is 2.87. The Hall–Kier alpha value is -1.79. The molecule has 4 N–H and O–H groups in total. The molecule has 0 bridgehead atoms. The number of unbranched alkanes of at least 4 members (excludes halogenated alkanes) is 3. The first-order valence-corrected chi connectivity index (χ1v) is 8.86. The number of methoxy groups -OCH3 is 1. The number of phenolic OH excluding ortho intramolecular Hbond substituents is 1. The van der Waals surface area contributed by atoms with Crippen LogP contribution in [0.3, 0.4) is 0 Å². The molecule has 1 aromatic carbocycles. The summed E-state index contributed by atoms with van der Waals surface area (Å²) in [7, 11) is 1.49. The van der Waals surface area contributed by atoms with Crippen molar-refractivity contribution in [2.75, 3.05) is 7.11 Å². The molecular weight excluding hydrogens is 324 g/mol. The molecule has 0 saturated heterocycles. The standard InChI is InChI=1S/C19H30O6/c1-25-18-12-14(9-11-17(18)22)8-10-16(21)13-15(20)6-4-2-3-5-7-19(23)24/h9,11-12,15-16,20-22H,2-8,10,13H2,1H3,(H,23,24). The first-order valence-electron chi connectivity index (χ1n) is 8.86. The molecule has 6 heteroatoms. The lowest BCUT2D eigenvalue weighted by molar-refractivity contribution is -0.137. The zero-order valence-electron chi connectivity index (χ0n) is 14.9. The number of aliphatic carboxylic acids is 1. The molecule has 1 rings (SSSR count). The van der Waals surface area contributed by atoms with E-state index in [0.29, 0.717) is 37.9 Å². The number of aromatic hydroxyl groups is 1. The quantitative estimate of drug-likeness (QED) is 0.406. The maximum absolute atomic E-state index is 10.4. The van der Waals surface area contributed by atoms with E-state index >= 15 is 0 Å². The number of aliphatic hydroxyl groups is 2. The van der Waals surface area contributed by atoms with Crippen molar-refractivity contribution < 1.29 is 30.0 Å². The van der Waals surface area contributed by atoms with Crippen molar-refractivity contribution in [1.82, 2.24) is 0 Å². The van der Waals surface area contributed by atoms with Gasteiger partial charge in [0.2, 0.25) is 0 Å². The summed E-state index contributed by atoms with van der Waals surface area (Å²) in [5.41, 5.74) is 0.960. The topological polar surface area (TPSA) is 107 Å². The van der Waals surface area contributed by atoms with Crippen LogP contribution in [0.5, 0.6) is 11.5 Å². The normalized spacial score (nSPS) is 13.4. The average Bonchev–Trinajstić information content (AvgIpc) is 2.57. The molecule has 0 heterocycles. The van der Waals surface area contributed by atoms with E-state index < -0.39 is 18.2 Å². The van der Waals surface area contributed by atoms with E-state index in [2.05, 4.69) is 0 Å². The number of carboxylic acids is 1. The molecule has 2 unspecified atom stereocenters. The van der Waals surface area contributed by atoms with Crippen LogP contribution in [0.15, 0.2) is 18.2 Å². The zero-order chi connectivity index (χ0) is 18.7. The van der Waals surface area contributed by atoms with Crippen molar-refractivity contribution in [3.8, 4) is 11.5 Å². The Morgan fingerprint density at radius 3 is 2.44 bits per heavy atom. The second kappa shape index (κ2) is 11.7. The maximum atomic E-state index is 10.4. The molecule has 0 aliphatic heterocycles. The second-order valence-corrected chi connectivity index (χ2v) is 6.43. The summed E-state index contributed by atoms with van der Waals surface area (Å²) in [4.78, 5) is 10.4. The fourth-order valence-corrected chi connectivity index (χ4v) is 2.77. The van der Waals surface area contributed by atoms with Gasteiger partial charge in [-0.05, 0) is 49.8 Å². The van der Waals surface area contributed by atoms with Crippen LogP contribution in [0.25, 0.3) is 0 Å². The molecule has 0 amide bonds. The van der Waals surface area contributed by atoms with E-state index in [1.165, 1.54) is 7.11 Å². The SMILES string of the molecule is COc1cc(CCC(O)CC(O)CCCCCCC(=O)O)ccc1O. The van der Waals surface area contributed by atoms with Gasteiger partial charge in [-0.15, -0.1) is 0 Å². The number of carbonyl (C=O) groups is 1. The molecule has 25 heavy (non-hydrogen) atoms. The molecule has 142 valence electrons. The van der Waals surface area contributed by atoms with Gasteiger partial charge in [0.15, 0.2) is 11.5 Å². The van der Waals surface area contributed by atoms with Gasteiger partial charge in [-0.25, -0.2) is 0 Å². The average molecular weight is 354 g/mol. The maximum Gasteiger partial charge on any atom is 0.303 e. The van der Waals surface area contributed by atoms with Crippen molar-refractivity contribution >= 4 is 5.97 Å². The van der Waals surface area contributed by atoms with E-state index in [1.54, 1.807) is 18.2 Å². The van der Waals surface area contributed by atoms with Gasteiger partial charge in [0.25, 0.3) is 0 Å². The number of aliphatic hydroxyl groups excluding tert-OH is 2. The van der Waals surface area contributed by atoms with Crippen LogP contribution < -0.4 is 4.74 Å². The van der Waals surface area contributed by atoms with Gasteiger partial charge >= 0.3 is 5.97 Å². The highest BCUT2D eigenvalue weighted by molar-refractivity contribution is 5.66. The molecule has 0 aliphatic rings. The number of ether oxygens (including phenoxy) is 1. The van der Waals surface area contributed by atoms with Crippen LogP contribution >= 0.6 is 0 Å². The molecule has 0 fully saturated rings. The zero-order valence-corrected chi connectivity index (χ0v) is 14.9. The van der Waals surface area contributed by atoms with Crippen molar-refractivity contribution in [3.05, 3.63) is 23.8 Å². The van der Waals surface area contributed by atoms with E-state index in [9.17, 15) is 20.1 Å². The lowest BCUT2D eigenvalue weighted by atomic mass is 9.99. The minimum Gasteiger partial charge on any atom is -0.504 e. The van der Waals surface area contributed by atoms with Crippen molar-refractivity contribution in [3.63, 3.8) is 0 Å². The highest BCUT2D eigenvalue weighted by Gasteiger charge is 2.12. The summed E-state index contributed by atoms with van der Waals surface area (Å²) in [5.74, 6) is -0.269. The largest absolute Gasteiger partial charge is 0.504 e. The summed E-state index contributed by atoms with van der Waals surface area (Å²) in [6, 6.07) is 5.10. The van der Waals surface area contributed by atoms with Gasteiger partial charge in [-0.3, -0.25) is 4.79 Å². The number of carboxylic acid groups (broad SMARTS) is 1. The minimum atomic E-state index is -0.769. The summed E-state index contributed by atoms with van der Waals surface area (Å²) < 4.78 is 5.06. The molecule has 6 nitrogen and oxygen atoms in total. The van der Waals surface area contributed by atoms with Crippen LogP contribution in [0.4, 0.5) is 0 Å². The molecule has 0 aliphatic carbocycles. The van der Waals surface area contributed by atoms with Gasteiger partial charge in [0.05, 0.1) is 19.3 Å². The number of hydrogen-bond acceptors (Lipinski definition) is 5. The minimum absolute atomic E-state index is 0.0885.